The monoisotopic (exact) mass is 511 g/mol. The van der Waals surface area contributed by atoms with E-state index in [2.05, 4.69) is 32.4 Å². The molecule has 6 heteroatoms. The Labute approximate surface area is 215 Å². The second-order valence-electron chi connectivity index (χ2n) is 13.7. The highest BCUT2D eigenvalue weighted by Crippen LogP contribution is 2.69. The van der Waals surface area contributed by atoms with E-state index in [0.717, 1.165) is 38.5 Å². The van der Waals surface area contributed by atoms with Gasteiger partial charge in [0.25, 0.3) is 0 Å². The Balaban J connectivity index is 1.47. The van der Waals surface area contributed by atoms with Crippen molar-refractivity contribution in [1.82, 2.24) is 4.72 Å². The second kappa shape index (κ2) is 10.2. The van der Waals surface area contributed by atoms with Gasteiger partial charge in [-0.15, -0.1) is 0 Å². The fourth-order valence-corrected chi connectivity index (χ4v) is 10.7. The Morgan fingerprint density at radius 3 is 2.26 bits per heavy atom. The molecule has 0 aromatic heterocycles. The van der Waals surface area contributed by atoms with Crippen molar-refractivity contribution < 1.29 is 18.6 Å². The van der Waals surface area contributed by atoms with E-state index in [1.807, 2.05) is 0 Å². The molecule has 1 unspecified atom stereocenters. The molecular weight excluding hydrogens is 458 g/mol. The van der Waals surface area contributed by atoms with Gasteiger partial charge < -0.3 is 10.2 Å². The molecule has 0 bridgehead atoms. The molecule has 4 rings (SSSR count). The third-order valence-electron chi connectivity index (χ3n) is 11.9. The van der Waals surface area contributed by atoms with E-state index in [4.69, 9.17) is 0 Å². The Hall–Kier alpha value is -0.170. The topological polar surface area (TPSA) is 86.6 Å². The van der Waals surface area contributed by atoms with Gasteiger partial charge in [0, 0.05) is 6.54 Å². The lowest BCUT2D eigenvalue weighted by Crippen LogP contribution is -2.62. The van der Waals surface area contributed by atoms with Gasteiger partial charge in [0.1, 0.15) is 0 Å². The van der Waals surface area contributed by atoms with Crippen molar-refractivity contribution in [2.24, 2.45) is 52.3 Å². The number of nitrogens with one attached hydrogen (secondary N) is 1. The average Bonchev–Trinajstić information content (AvgIpc) is 3.15. The molecule has 3 N–H and O–H groups in total. The predicted octanol–water partition coefficient (Wildman–Crippen LogP) is 5.36. The van der Waals surface area contributed by atoms with E-state index in [0.29, 0.717) is 48.0 Å². The van der Waals surface area contributed by atoms with Gasteiger partial charge in [0.05, 0.1) is 17.5 Å². The summed E-state index contributed by atoms with van der Waals surface area (Å²) in [6.45, 7) is 13.6. The molecule has 204 valence electrons. The Morgan fingerprint density at radius 1 is 0.943 bits per heavy atom. The van der Waals surface area contributed by atoms with Crippen LogP contribution in [0.25, 0.3) is 0 Å². The maximum absolute atomic E-state index is 12.1. The highest BCUT2D eigenvalue weighted by molar-refractivity contribution is 7.90. The predicted molar refractivity (Wildman–Crippen MR) is 142 cm³/mol. The molecule has 4 aliphatic rings. The molecule has 0 radical (unpaired) electrons. The molecule has 0 aliphatic heterocycles. The zero-order valence-electron chi connectivity index (χ0n) is 23.2. The minimum Gasteiger partial charge on any atom is -0.393 e. The first-order valence-corrected chi connectivity index (χ1v) is 16.3. The summed E-state index contributed by atoms with van der Waals surface area (Å²) in [6.07, 6.45) is 10.4. The zero-order chi connectivity index (χ0) is 25.8. The number of aliphatic hydroxyl groups is 2. The van der Waals surface area contributed by atoms with Crippen molar-refractivity contribution in [3.63, 3.8) is 0 Å². The zero-order valence-corrected chi connectivity index (χ0v) is 24.0. The van der Waals surface area contributed by atoms with E-state index in [1.54, 1.807) is 13.8 Å². The third-order valence-corrected chi connectivity index (χ3v) is 13.8. The summed E-state index contributed by atoms with van der Waals surface area (Å²) in [5.41, 5.74) is 0.525. The van der Waals surface area contributed by atoms with E-state index < -0.39 is 10.0 Å². The van der Waals surface area contributed by atoms with Gasteiger partial charge in [0.15, 0.2) is 0 Å². The minimum absolute atomic E-state index is 0.193. The van der Waals surface area contributed by atoms with Crippen molar-refractivity contribution in [3.05, 3.63) is 0 Å². The smallest absolute Gasteiger partial charge is 0.213 e. The van der Waals surface area contributed by atoms with Crippen LogP contribution in [0, 0.1) is 52.3 Å². The molecule has 0 aromatic rings. The molecule has 0 aromatic carbocycles. The molecule has 5 nitrogen and oxygen atoms in total. The van der Waals surface area contributed by atoms with Gasteiger partial charge in [-0.2, -0.15) is 0 Å². The lowest BCUT2D eigenvalue weighted by atomic mass is 9.41. The van der Waals surface area contributed by atoms with Gasteiger partial charge in [-0.1, -0.05) is 34.1 Å². The van der Waals surface area contributed by atoms with Crippen molar-refractivity contribution in [3.8, 4) is 0 Å². The molecule has 4 fully saturated rings. The first-order chi connectivity index (χ1) is 16.4. The van der Waals surface area contributed by atoms with Crippen LogP contribution >= 0.6 is 0 Å². The fourth-order valence-electron chi connectivity index (χ4n) is 9.94. The molecule has 11 atom stereocenters. The van der Waals surface area contributed by atoms with Crippen LogP contribution in [0.1, 0.15) is 106 Å². The largest absolute Gasteiger partial charge is 0.393 e. The molecule has 0 amide bonds. The lowest BCUT2D eigenvalue weighted by molar-refractivity contribution is -0.203. The number of fused-ring (bicyclic) bond motifs is 5. The fraction of sp³-hybridized carbons (Fsp3) is 1.00. The van der Waals surface area contributed by atoms with Crippen LogP contribution in [0.15, 0.2) is 0 Å². The molecular formula is C29H53NO4S. The average molecular weight is 512 g/mol. The second-order valence-corrected chi connectivity index (χ2v) is 16.1. The van der Waals surface area contributed by atoms with Gasteiger partial charge in [-0.3, -0.25) is 0 Å². The summed E-state index contributed by atoms with van der Waals surface area (Å²) in [4.78, 5) is 0. The molecule has 0 heterocycles. The summed E-state index contributed by atoms with van der Waals surface area (Å²) in [7, 11) is -3.19. The van der Waals surface area contributed by atoms with Crippen LogP contribution in [-0.4, -0.2) is 42.6 Å². The van der Waals surface area contributed by atoms with Crippen LogP contribution < -0.4 is 4.72 Å². The lowest BCUT2D eigenvalue weighted by Gasteiger charge is -2.64. The van der Waals surface area contributed by atoms with Gasteiger partial charge in [0.2, 0.25) is 10.0 Å². The highest BCUT2D eigenvalue weighted by Gasteiger charge is 2.64. The first kappa shape index (κ1) is 27.9. The number of hydrogen-bond donors (Lipinski definition) is 3. The third kappa shape index (κ3) is 4.76. The number of aliphatic hydroxyl groups excluding tert-OH is 2. The number of hydrogen-bond acceptors (Lipinski definition) is 4. The summed E-state index contributed by atoms with van der Waals surface area (Å²) >= 11 is 0. The van der Waals surface area contributed by atoms with Crippen molar-refractivity contribution in [2.45, 2.75) is 123 Å². The van der Waals surface area contributed by atoms with Gasteiger partial charge in [-0.05, 0) is 124 Å². The van der Waals surface area contributed by atoms with Crippen LogP contribution in [0.5, 0.6) is 0 Å². The van der Waals surface area contributed by atoms with Crippen molar-refractivity contribution in [1.29, 1.82) is 0 Å². The standard InChI is InChI=1S/C29H53NO4S/c1-7-21-25-17-20(31)12-14-29(25,6)24-13-15-28(5)22(10-11-23(28)26(24)27(21)32)19(4)9-8-16-30-35(33,34)18(2)3/h18-27,30-32H,7-17H2,1-6H3/t19-,20-,21-,22-,23+,24+,25?,26+,27-,28-,29-/m1/s1. The SMILES string of the molecule is CC[C@@H]1C2C[C@H](O)CC[C@]2(C)[C@H]2CC[C@]3(C)[C@@H]([C@H](C)CCCNS(=O)(=O)C(C)C)CC[C@H]3[C@@H]2[C@@H]1O. The van der Waals surface area contributed by atoms with Crippen LogP contribution in [-0.2, 0) is 10.0 Å². The normalized spacial score (nSPS) is 46.7. The summed E-state index contributed by atoms with van der Waals surface area (Å²) in [5, 5.41) is 21.9. The molecule has 4 aliphatic carbocycles. The quantitative estimate of drug-likeness (QED) is 0.383. The van der Waals surface area contributed by atoms with E-state index in [1.165, 1.54) is 25.7 Å². The molecule has 4 saturated carbocycles. The Kier molecular flexibility index (Phi) is 8.11. The van der Waals surface area contributed by atoms with E-state index >= 15 is 0 Å². The van der Waals surface area contributed by atoms with Crippen LogP contribution in [0.3, 0.4) is 0 Å². The number of sulfonamides is 1. The van der Waals surface area contributed by atoms with Crippen molar-refractivity contribution in [2.75, 3.05) is 6.54 Å². The van der Waals surface area contributed by atoms with Gasteiger partial charge in [-0.25, -0.2) is 13.1 Å². The molecule has 0 spiro atoms. The number of rotatable bonds is 8. The van der Waals surface area contributed by atoms with Gasteiger partial charge >= 0.3 is 0 Å². The van der Waals surface area contributed by atoms with Crippen LogP contribution in [0.2, 0.25) is 0 Å². The summed E-state index contributed by atoms with van der Waals surface area (Å²) in [6, 6.07) is 0. The van der Waals surface area contributed by atoms with Crippen LogP contribution in [0.4, 0.5) is 0 Å². The highest BCUT2D eigenvalue weighted by atomic mass is 32.2. The summed E-state index contributed by atoms with van der Waals surface area (Å²) in [5.74, 6) is 3.54. The molecule has 0 saturated heterocycles. The maximum atomic E-state index is 12.1. The van der Waals surface area contributed by atoms with E-state index in [9.17, 15) is 18.6 Å². The molecule has 35 heavy (non-hydrogen) atoms. The Morgan fingerprint density at radius 2 is 1.60 bits per heavy atom. The first-order valence-electron chi connectivity index (χ1n) is 14.7. The maximum Gasteiger partial charge on any atom is 0.213 e. The van der Waals surface area contributed by atoms with E-state index in [-0.39, 0.29) is 28.3 Å². The minimum atomic E-state index is -3.19. The van der Waals surface area contributed by atoms with Crippen molar-refractivity contribution >= 4 is 10.0 Å². The Bertz CT molecular complexity index is 846. The summed E-state index contributed by atoms with van der Waals surface area (Å²) < 4.78 is 26.9.